The topological polar surface area (TPSA) is 105 Å². The highest BCUT2D eigenvalue weighted by Gasteiger charge is 2.31. The van der Waals surface area contributed by atoms with E-state index in [0.717, 1.165) is 25.7 Å². The highest BCUT2D eigenvalue weighted by molar-refractivity contribution is 5.92. The van der Waals surface area contributed by atoms with Crippen molar-refractivity contribution >= 4 is 17.7 Å². The molecule has 0 spiro atoms. The first kappa shape index (κ1) is 22.2. The SMILES string of the molecule is Cc1ccc(C(=O)NC2CCC(NC(=O)C3CCN(C(=O)c4ccc(C)o4)CC3)CC2)o1. The molecule has 172 valence electrons. The van der Waals surface area contributed by atoms with Crippen LogP contribution in [-0.4, -0.2) is 47.8 Å². The first-order valence-electron chi connectivity index (χ1n) is 11.4. The van der Waals surface area contributed by atoms with E-state index >= 15 is 0 Å². The lowest BCUT2D eigenvalue weighted by molar-refractivity contribution is -0.127. The van der Waals surface area contributed by atoms with Gasteiger partial charge in [-0.05, 0) is 76.6 Å². The van der Waals surface area contributed by atoms with Crippen molar-refractivity contribution in [2.45, 2.75) is 64.5 Å². The van der Waals surface area contributed by atoms with Crippen molar-refractivity contribution in [3.05, 3.63) is 47.3 Å². The molecule has 3 heterocycles. The van der Waals surface area contributed by atoms with Crippen LogP contribution >= 0.6 is 0 Å². The summed E-state index contributed by atoms with van der Waals surface area (Å²) in [5.41, 5.74) is 0. The Hall–Kier alpha value is -3.03. The number of rotatable bonds is 5. The Bertz CT molecular complexity index is 962. The van der Waals surface area contributed by atoms with Gasteiger partial charge in [-0.2, -0.15) is 0 Å². The predicted octanol–water partition coefficient (Wildman–Crippen LogP) is 3.20. The Morgan fingerprint density at radius 3 is 1.84 bits per heavy atom. The van der Waals surface area contributed by atoms with Gasteiger partial charge in [0.25, 0.3) is 11.8 Å². The molecule has 1 aliphatic heterocycles. The van der Waals surface area contributed by atoms with Crippen LogP contribution in [0.2, 0.25) is 0 Å². The van der Waals surface area contributed by atoms with Crippen molar-refractivity contribution in [3.63, 3.8) is 0 Å². The number of amides is 3. The van der Waals surface area contributed by atoms with Gasteiger partial charge < -0.3 is 24.4 Å². The minimum Gasteiger partial charge on any atom is -0.456 e. The normalized spacial score (nSPS) is 21.9. The predicted molar refractivity (Wildman–Crippen MR) is 117 cm³/mol. The zero-order valence-electron chi connectivity index (χ0n) is 18.7. The van der Waals surface area contributed by atoms with Crippen LogP contribution < -0.4 is 10.6 Å². The molecule has 4 rings (SSSR count). The molecule has 2 aliphatic rings. The Balaban J connectivity index is 1.18. The van der Waals surface area contributed by atoms with Gasteiger partial charge in [0.05, 0.1) is 0 Å². The quantitative estimate of drug-likeness (QED) is 0.741. The Morgan fingerprint density at radius 2 is 1.31 bits per heavy atom. The summed E-state index contributed by atoms with van der Waals surface area (Å²) in [5.74, 6) is 1.84. The third-order valence-electron chi connectivity index (χ3n) is 6.48. The van der Waals surface area contributed by atoms with Crippen molar-refractivity contribution < 1.29 is 23.2 Å². The van der Waals surface area contributed by atoms with Gasteiger partial charge in [0.15, 0.2) is 11.5 Å². The molecule has 8 heteroatoms. The molecule has 1 saturated carbocycles. The number of likely N-dealkylation sites (tertiary alicyclic amines) is 1. The fourth-order valence-corrected chi connectivity index (χ4v) is 4.56. The van der Waals surface area contributed by atoms with Gasteiger partial charge in [-0.3, -0.25) is 14.4 Å². The van der Waals surface area contributed by atoms with E-state index in [1.54, 1.807) is 29.2 Å². The number of carbonyl (C=O) groups is 3. The van der Waals surface area contributed by atoms with Crippen LogP contribution in [-0.2, 0) is 4.79 Å². The number of nitrogens with one attached hydrogen (secondary N) is 2. The van der Waals surface area contributed by atoms with E-state index in [4.69, 9.17) is 8.83 Å². The summed E-state index contributed by atoms with van der Waals surface area (Å²) in [5, 5.41) is 6.21. The molecule has 1 saturated heterocycles. The van der Waals surface area contributed by atoms with Gasteiger partial charge in [0.1, 0.15) is 11.5 Å². The molecule has 2 aromatic rings. The van der Waals surface area contributed by atoms with E-state index < -0.39 is 0 Å². The lowest BCUT2D eigenvalue weighted by Gasteiger charge is -2.33. The second kappa shape index (κ2) is 9.63. The van der Waals surface area contributed by atoms with Gasteiger partial charge in [-0.15, -0.1) is 0 Å². The number of hydrogen-bond donors (Lipinski definition) is 2. The molecule has 0 aromatic carbocycles. The van der Waals surface area contributed by atoms with Crippen molar-refractivity contribution in [1.29, 1.82) is 0 Å². The molecule has 0 radical (unpaired) electrons. The second-order valence-electron chi connectivity index (χ2n) is 8.92. The number of carbonyl (C=O) groups excluding carboxylic acids is 3. The van der Waals surface area contributed by atoms with Crippen molar-refractivity contribution in [1.82, 2.24) is 15.5 Å². The van der Waals surface area contributed by atoms with Gasteiger partial charge in [0, 0.05) is 31.1 Å². The van der Waals surface area contributed by atoms with Crippen molar-refractivity contribution in [3.8, 4) is 0 Å². The number of nitrogens with zero attached hydrogens (tertiary/aromatic N) is 1. The lowest BCUT2D eigenvalue weighted by atomic mass is 9.89. The maximum atomic E-state index is 12.7. The Kier molecular flexibility index (Phi) is 6.67. The molecule has 2 fully saturated rings. The summed E-state index contributed by atoms with van der Waals surface area (Å²) < 4.78 is 10.8. The second-order valence-corrected chi connectivity index (χ2v) is 8.92. The summed E-state index contributed by atoms with van der Waals surface area (Å²) >= 11 is 0. The Morgan fingerprint density at radius 1 is 0.781 bits per heavy atom. The highest BCUT2D eigenvalue weighted by atomic mass is 16.4. The first-order valence-corrected chi connectivity index (χ1v) is 11.4. The number of aryl methyl sites for hydroxylation is 2. The lowest BCUT2D eigenvalue weighted by Crippen LogP contribution is -2.47. The summed E-state index contributed by atoms with van der Waals surface area (Å²) in [6.07, 6.45) is 4.64. The third kappa shape index (κ3) is 5.23. The molecule has 8 nitrogen and oxygen atoms in total. The fourth-order valence-electron chi connectivity index (χ4n) is 4.56. The van der Waals surface area contributed by atoms with E-state index in [9.17, 15) is 14.4 Å². The van der Waals surface area contributed by atoms with E-state index in [1.807, 2.05) is 13.8 Å². The minimum absolute atomic E-state index is 0.0722. The molecule has 1 aliphatic carbocycles. The monoisotopic (exact) mass is 441 g/mol. The molecule has 0 unspecified atom stereocenters. The van der Waals surface area contributed by atoms with Crippen LogP contribution in [0.1, 0.15) is 71.2 Å². The maximum Gasteiger partial charge on any atom is 0.289 e. The average Bonchev–Trinajstić information content (AvgIpc) is 3.43. The minimum atomic E-state index is -0.184. The van der Waals surface area contributed by atoms with Crippen LogP contribution in [0.4, 0.5) is 0 Å². The smallest absolute Gasteiger partial charge is 0.289 e. The number of furan rings is 2. The largest absolute Gasteiger partial charge is 0.456 e. The molecular formula is C24H31N3O5. The van der Waals surface area contributed by atoms with Gasteiger partial charge in [-0.1, -0.05) is 0 Å². The first-order chi connectivity index (χ1) is 15.4. The van der Waals surface area contributed by atoms with Crippen LogP contribution in [0.15, 0.2) is 33.1 Å². The average molecular weight is 442 g/mol. The van der Waals surface area contributed by atoms with Crippen LogP contribution in [0, 0.1) is 19.8 Å². The summed E-state index contributed by atoms with van der Waals surface area (Å²) in [7, 11) is 0. The summed E-state index contributed by atoms with van der Waals surface area (Å²) in [6.45, 7) is 4.74. The van der Waals surface area contributed by atoms with Crippen LogP contribution in [0.5, 0.6) is 0 Å². The van der Waals surface area contributed by atoms with Gasteiger partial charge in [-0.25, -0.2) is 0 Å². The van der Waals surface area contributed by atoms with Gasteiger partial charge in [0.2, 0.25) is 5.91 Å². The van der Waals surface area contributed by atoms with E-state index in [1.165, 1.54) is 0 Å². The zero-order valence-corrected chi connectivity index (χ0v) is 18.7. The third-order valence-corrected chi connectivity index (χ3v) is 6.48. The summed E-state index contributed by atoms with van der Waals surface area (Å²) in [6, 6.07) is 7.18. The molecule has 2 N–H and O–H groups in total. The fraction of sp³-hybridized carbons (Fsp3) is 0.542. The molecule has 2 aromatic heterocycles. The maximum absolute atomic E-state index is 12.7. The molecule has 32 heavy (non-hydrogen) atoms. The van der Waals surface area contributed by atoms with E-state index in [0.29, 0.717) is 49.0 Å². The van der Waals surface area contributed by atoms with E-state index in [-0.39, 0.29) is 35.7 Å². The van der Waals surface area contributed by atoms with Crippen molar-refractivity contribution in [2.75, 3.05) is 13.1 Å². The van der Waals surface area contributed by atoms with Crippen LogP contribution in [0.3, 0.4) is 0 Å². The van der Waals surface area contributed by atoms with Gasteiger partial charge >= 0.3 is 0 Å². The summed E-state index contributed by atoms with van der Waals surface area (Å²) in [4.78, 5) is 39.3. The standard InChI is InChI=1S/C24H31N3O5/c1-15-3-9-20(31-15)23(29)26-19-7-5-18(6-8-19)25-22(28)17-11-13-27(14-12-17)24(30)21-10-4-16(2)32-21/h3-4,9-10,17-19H,5-8,11-14H2,1-2H3,(H,25,28)(H,26,29). The molecule has 0 atom stereocenters. The van der Waals surface area contributed by atoms with Crippen LogP contribution in [0.25, 0.3) is 0 Å². The Labute approximate surface area is 187 Å². The number of hydrogen-bond acceptors (Lipinski definition) is 5. The van der Waals surface area contributed by atoms with Crippen molar-refractivity contribution in [2.24, 2.45) is 5.92 Å². The highest BCUT2D eigenvalue weighted by Crippen LogP contribution is 2.23. The molecule has 3 amide bonds. The number of piperidine rings is 1. The molecular weight excluding hydrogens is 410 g/mol. The zero-order chi connectivity index (χ0) is 22.7. The molecule has 0 bridgehead atoms. The van der Waals surface area contributed by atoms with E-state index in [2.05, 4.69) is 10.6 Å².